The molecular weight excluding hydrogens is 371 g/mol. The van der Waals surface area contributed by atoms with Gasteiger partial charge in [-0.2, -0.15) is 0 Å². The Morgan fingerprint density at radius 3 is 2.62 bits per heavy atom. The van der Waals surface area contributed by atoms with E-state index in [2.05, 4.69) is 4.98 Å². The van der Waals surface area contributed by atoms with Gasteiger partial charge >= 0.3 is 6.09 Å². The van der Waals surface area contributed by atoms with Crippen LogP contribution in [0.3, 0.4) is 0 Å². The summed E-state index contributed by atoms with van der Waals surface area (Å²) in [5.74, 6) is 1.14. The average molecular weight is 400 g/mol. The van der Waals surface area contributed by atoms with Crippen molar-refractivity contribution in [2.45, 2.75) is 58.5 Å². The molecule has 0 atom stereocenters. The first-order valence-electron chi connectivity index (χ1n) is 10.2. The third-order valence-electron chi connectivity index (χ3n) is 5.00. The van der Waals surface area contributed by atoms with Crippen LogP contribution in [0, 0.1) is 5.82 Å². The monoisotopic (exact) mass is 400 g/mol. The number of benzene rings is 1. The maximum absolute atomic E-state index is 13.5. The summed E-state index contributed by atoms with van der Waals surface area (Å²) in [6, 6.07) is 8.46. The molecule has 1 aliphatic heterocycles. The molecule has 1 amide bonds. The second-order valence-corrected chi connectivity index (χ2v) is 8.35. The number of rotatable bonds is 4. The molecule has 1 aliphatic rings. The Kier molecular flexibility index (Phi) is 6.40. The minimum absolute atomic E-state index is 0.239. The molecular formula is C23H29FN2O3. The first kappa shape index (κ1) is 21.1. The molecule has 0 aliphatic carbocycles. The van der Waals surface area contributed by atoms with Gasteiger partial charge in [0.1, 0.15) is 17.2 Å². The Bertz CT molecular complexity index is 855. The topological polar surface area (TPSA) is 51.7 Å². The van der Waals surface area contributed by atoms with Crippen molar-refractivity contribution in [1.29, 1.82) is 0 Å². The fourth-order valence-electron chi connectivity index (χ4n) is 3.53. The highest BCUT2D eigenvalue weighted by Gasteiger charge is 2.29. The quantitative estimate of drug-likeness (QED) is 0.662. The molecule has 5 nitrogen and oxygen atoms in total. The summed E-state index contributed by atoms with van der Waals surface area (Å²) in [5, 5.41) is 0. The predicted octanol–water partition coefficient (Wildman–Crippen LogP) is 5.69. The Morgan fingerprint density at radius 1 is 1.24 bits per heavy atom. The number of hydrogen-bond donors (Lipinski definition) is 0. The van der Waals surface area contributed by atoms with Gasteiger partial charge in [0.05, 0.1) is 0 Å². The van der Waals surface area contributed by atoms with E-state index in [0.717, 1.165) is 24.0 Å². The molecule has 0 spiro atoms. The van der Waals surface area contributed by atoms with E-state index in [1.165, 1.54) is 12.1 Å². The van der Waals surface area contributed by atoms with Crippen LogP contribution in [0.1, 0.15) is 57.6 Å². The van der Waals surface area contributed by atoms with Crippen LogP contribution in [-0.2, 0) is 11.2 Å². The van der Waals surface area contributed by atoms with Gasteiger partial charge in [0, 0.05) is 24.8 Å². The zero-order chi connectivity index (χ0) is 21.0. The van der Waals surface area contributed by atoms with Gasteiger partial charge in [0.15, 0.2) is 0 Å². The first-order chi connectivity index (χ1) is 13.8. The number of carbonyl (C=O) groups is 1. The van der Waals surface area contributed by atoms with E-state index >= 15 is 0 Å². The van der Waals surface area contributed by atoms with Crippen molar-refractivity contribution >= 4 is 6.09 Å². The molecule has 156 valence electrons. The molecule has 0 bridgehead atoms. The maximum Gasteiger partial charge on any atom is 0.410 e. The standard InChI is InChI=1S/C23H29FN2O3/c1-5-16-15-18(24)8-9-20(16)28-21-19(7-6-12-25-21)17-10-13-26(14-11-17)22(27)29-23(2,3)4/h6-9,12,15,17H,5,10-11,13-14H2,1-4H3. The maximum atomic E-state index is 13.5. The van der Waals surface area contributed by atoms with Crippen LogP contribution in [0.15, 0.2) is 36.5 Å². The van der Waals surface area contributed by atoms with Crippen LogP contribution >= 0.6 is 0 Å². The minimum atomic E-state index is -0.496. The number of halogens is 1. The van der Waals surface area contributed by atoms with Gasteiger partial charge in [-0.1, -0.05) is 13.0 Å². The summed E-state index contributed by atoms with van der Waals surface area (Å²) in [5.41, 5.74) is 1.33. The minimum Gasteiger partial charge on any atom is -0.444 e. The molecule has 1 fully saturated rings. The molecule has 0 saturated carbocycles. The van der Waals surface area contributed by atoms with Crippen molar-refractivity contribution in [2.75, 3.05) is 13.1 Å². The van der Waals surface area contributed by atoms with Gasteiger partial charge in [-0.25, -0.2) is 14.2 Å². The van der Waals surface area contributed by atoms with Crippen molar-refractivity contribution in [2.24, 2.45) is 0 Å². The molecule has 1 aromatic carbocycles. The molecule has 6 heteroatoms. The largest absolute Gasteiger partial charge is 0.444 e. The van der Waals surface area contributed by atoms with Crippen LogP contribution in [0.25, 0.3) is 0 Å². The van der Waals surface area contributed by atoms with E-state index in [-0.39, 0.29) is 17.8 Å². The van der Waals surface area contributed by atoms with Gasteiger partial charge < -0.3 is 14.4 Å². The van der Waals surface area contributed by atoms with E-state index in [1.54, 1.807) is 17.2 Å². The average Bonchev–Trinajstić information content (AvgIpc) is 2.68. The SMILES string of the molecule is CCc1cc(F)ccc1Oc1ncccc1C1CCN(C(=O)OC(C)(C)C)CC1. The van der Waals surface area contributed by atoms with E-state index in [9.17, 15) is 9.18 Å². The number of amides is 1. The van der Waals surface area contributed by atoms with E-state index in [0.29, 0.717) is 31.1 Å². The normalized spacial score (nSPS) is 15.3. The molecule has 2 heterocycles. The molecule has 0 unspecified atom stereocenters. The van der Waals surface area contributed by atoms with Crippen LogP contribution in [0.2, 0.25) is 0 Å². The fraction of sp³-hybridized carbons (Fsp3) is 0.478. The number of hydrogen-bond acceptors (Lipinski definition) is 4. The van der Waals surface area contributed by atoms with Crippen LogP contribution in [0.5, 0.6) is 11.6 Å². The third kappa shape index (κ3) is 5.46. The van der Waals surface area contributed by atoms with Crippen LogP contribution in [0.4, 0.5) is 9.18 Å². The number of pyridine rings is 1. The summed E-state index contributed by atoms with van der Waals surface area (Å²) >= 11 is 0. The van der Waals surface area contributed by atoms with Gasteiger partial charge in [-0.15, -0.1) is 0 Å². The highest BCUT2D eigenvalue weighted by Crippen LogP contribution is 2.36. The van der Waals surface area contributed by atoms with Crippen molar-refractivity contribution in [3.05, 3.63) is 53.5 Å². The van der Waals surface area contributed by atoms with Gasteiger partial charge in [-0.3, -0.25) is 0 Å². The fourth-order valence-corrected chi connectivity index (χ4v) is 3.53. The third-order valence-corrected chi connectivity index (χ3v) is 5.00. The van der Waals surface area contributed by atoms with E-state index in [1.807, 2.05) is 39.8 Å². The molecule has 1 saturated heterocycles. The summed E-state index contributed by atoms with van der Waals surface area (Å²) in [4.78, 5) is 18.5. The summed E-state index contributed by atoms with van der Waals surface area (Å²) < 4.78 is 25.1. The summed E-state index contributed by atoms with van der Waals surface area (Å²) in [6.45, 7) is 8.84. The zero-order valence-electron chi connectivity index (χ0n) is 17.6. The highest BCUT2D eigenvalue weighted by atomic mass is 19.1. The zero-order valence-corrected chi connectivity index (χ0v) is 17.6. The van der Waals surface area contributed by atoms with Gasteiger partial charge in [-0.05, 0) is 75.8 Å². The van der Waals surface area contributed by atoms with Gasteiger partial charge in [0.25, 0.3) is 0 Å². The lowest BCUT2D eigenvalue weighted by molar-refractivity contribution is 0.0204. The molecule has 29 heavy (non-hydrogen) atoms. The molecule has 2 aromatic rings. The summed E-state index contributed by atoms with van der Waals surface area (Å²) in [6.07, 6.45) is 3.72. The first-order valence-corrected chi connectivity index (χ1v) is 10.2. The van der Waals surface area contributed by atoms with Gasteiger partial charge in [0.2, 0.25) is 5.88 Å². The molecule has 1 aromatic heterocycles. The molecule has 3 rings (SSSR count). The van der Waals surface area contributed by atoms with E-state index in [4.69, 9.17) is 9.47 Å². The number of ether oxygens (including phenoxy) is 2. The van der Waals surface area contributed by atoms with Crippen molar-refractivity contribution in [3.8, 4) is 11.6 Å². The highest BCUT2D eigenvalue weighted by molar-refractivity contribution is 5.68. The predicted molar refractivity (Wildman–Crippen MR) is 110 cm³/mol. The van der Waals surface area contributed by atoms with Crippen molar-refractivity contribution in [1.82, 2.24) is 9.88 Å². The smallest absolute Gasteiger partial charge is 0.410 e. The number of aromatic nitrogens is 1. The van der Waals surface area contributed by atoms with Crippen LogP contribution in [-0.4, -0.2) is 34.7 Å². The lowest BCUT2D eigenvalue weighted by Crippen LogP contribution is -2.41. The molecule has 0 N–H and O–H groups in total. The number of likely N-dealkylation sites (tertiary alicyclic amines) is 1. The van der Waals surface area contributed by atoms with E-state index < -0.39 is 5.60 Å². The second-order valence-electron chi connectivity index (χ2n) is 8.35. The Balaban J connectivity index is 1.71. The Morgan fingerprint density at radius 2 is 1.97 bits per heavy atom. The molecule has 0 radical (unpaired) electrons. The summed E-state index contributed by atoms with van der Waals surface area (Å²) in [7, 11) is 0. The van der Waals surface area contributed by atoms with Crippen LogP contribution < -0.4 is 4.74 Å². The number of aryl methyl sites for hydroxylation is 1. The number of piperidine rings is 1. The lowest BCUT2D eigenvalue weighted by Gasteiger charge is -2.33. The van der Waals surface area contributed by atoms with Crippen molar-refractivity contribution in [3.63, 3.8) is 0 Å². The Labute approximate surface area is 171 Å². The lowest BCUT2D eigenvalue weighted by atomic mass is 9.90. The number of nitrogens with zero attached hydrogens (tertiary/aromatic N) is 2. The number of carbonyl (C=O) groups excluding carboxylic acids is 1. The van der Waals surface area contributed by atoms with Crippen molar-refractivity contribution < 1.29 is 18.7 Å². The second kappa shape index (κ2) is 8.80. The Hall–Kier alpha value is -2.63.